The van der Waals surface area contributed by atoms with Gasteiger partial charge in [-0.2, -0.15) is 0 Å². The second-order valence-corrected chi connectivity index (χ2v) is 5.98. The third-order valence-corrected chi connectivity index (χ3v) is 4.03. The molecular weight excluding hydrogens is 246 g/mol. The lowest BCUT2D eigenvalue weighted by Crippen LogP contribution is -2.37. The van der Waals surface area contributed by atoms with Gasteiger partial charge in [-0.25, -0.2) is 0 Å². The predicted octanol–water partition coefficient (Wildman–Crippen LogP) is 2.76. The van der Waals surface area contributed by atoms with E-state index in [4.69, 9.17) is 15.0 Å². The average Bonchev–Trinajstić information content (AvgIpc) is 2.94. The molecule has 6 heteroatoms. The smallest absolute Gasteiger partial charge is 0.163 e. The van der Waals surface area contributed by atoms with E-state index in [1.165, 1.54) is 25.7 Å². The number of aliphatic hydroxyl groups is 1. The predicted molar refractivity (Wildman–Crippen MR) is 70.4 cm³/mol. The van der Waals surface area contributed by atoms with Gasteiger partial charge in [0.15, 0.2) is 5.79 Å². The lowest BCUT2D eigenvalue weighted by molar-refractivity contribution is -0.149. The number of aliphatic hydroxyl groups excluding tert-OH is 1. The first-order valence-electron chi connectivity index (χ1n) is 7.06. The van der Waals surface area contributed by atoms with Crippen molar-refractivity contribution < 1.29 is 14.6 Å². The van der Waals surface area contributed by atoms with Crippen molar-refractivity contribution >= 4 is 0 Å². The molecule has 108 valence electrons. The third-order valence-electron chi connectivity index (χ3n) is 4.03. The second kappa shape index (κ2) is 6.09. The molecule has 1 saturated carbocycles. The summed E-state index contributed by atoms with van der Waals surface area (Å²) < 4.78 is 11.8. The molecule has 1 aliphatic carbocycles. The van der Waals surface area contributed by atoms with Crippen LogP contribution < -0.4 is 0 Å². The highest BCUT2D eigenvalue weighted by Crippen LogP contribution is 2.37. The molecule has 0 unspecified atom stereocenters. The van der Waals surface area contributed by atoms with Gasteiger partial charge in [0.1, 0.15) is 0 Å². The SMILES string of the molecule is CC1(C)O[C@@H]([C@H](CO)N=[N+]=[N-])[C@@H](CC2CCCC2)O1. The van der Waals surface area contributed by atoms with Gasteiger partial charge in [0.05, 0.1) is 24.9 Å². The van der Waals surface area contributed by atoms with Crippen molar-refractivity contribution in [2.24, 2.45) is 11.0 Å². The number of hydrogen-bond donors (Lipinski definition) is 1. The van der Waals surface area contributed by atoms with Crippen molar-refractivity contribution in [2.75, 3.05) is 6.61 Å². The highest BCUT2D eigenvalue weighted by Gasteiger charge is 2.45. The average molecular weight is 269 g/mol. The number of azide groups is 1. The molecule has 0 aromatic carbocycles. The standard InChI is InChI=1S/C13H23N3O3/c1-13(2)18-11(7-9-5-3-4-6-9)12(19-13)10(8-17)15-16-14/h9-12,17H,3-8H2,1-2H3/t10-,11+,12-/m0/s1. The van der Waals surface area contributed by atoms with Crippen molar-refractivity contribution in [3.8, 4) is 0 Å². The van der Waals surface area contributed by atoms with Crippen LogP contribution in [-0.2, 0) is 9.47 Å². The fourth-order valence-electron chi connectivity index (χ4n) is 3.22. The van der Waals surface area contributed by atoms with Gasteiger partial charge < -0.3 is 14.6 Å². The van der Waals surface area contributed by atoms with Gasteiger partial charge in [-0.3, -0.25) is 0 Å². The number of hydrogen-bond acceptors (Lipinski definition) is 4. The van der Waals surface area contributed by atoms with Crippen molar-refractivity contribution in [1.82, 2.24) is 0 Å². The van der Waals surface area contributed by atoms with Gasteiger partial charge in [0, 0.05) is 4.91 Å². The number of rotatable bonds is 5. The Morgan fingerprint density at radius 3 is 2.63 bits per heavy atom. The Bertz CT molecular complexity index is 349. The van der Waals surface area contributed by atoms with Crippen LogP contribution in [0.4, 0.5) is 0 Å². The number of nitrogens with zero attached hydrogens (tertiary/aromatic N) is 3. The Kier molecular flexibility index (Phi) is 4.68. The maximum atomic E-state index is 9.37. The highest BCUT2D eigenvalue weighted by atomic mass is 16.8. The minimum absolute atomic E-state index is 0.0965. The zero-order valence-electron chi connectivity index (χ0n) is 11.7. The molecule has 2 rings (SSSR count). The van der Waals surface area contributed by atoms with E-state index in [-0.39, 0.29) is 18.8 Å². The van der Waals surface area contributed by atoms with E-state index in [1.807, 2.05) is 13.8 Å². The molecule has 0 aromatic heterocycles. The molecule has 0 amide bonds. The van der Waals surface area contributed by atoms with Gasteiger partial charge in [-0.1, -0.05) is 30.8 Å². The quantitative estimate of drug-likeness (QED) is 0.473. The molecular formula is C13H23N3O3. The van der Waals surface area contributed by atoms with E-state index in [0.29, 0.717) is 5.92 Å². The molecule has 1 saturated heterocycles. The van der Waals surface area contributed by atoms with Gasteiger partial charge in [0.25, 0.3) is 0 Å². The molecule has 0 spiro atoms. The van der Waals surface area contributed by atoms with Crippen molar-refractivity contribution in [3.63, 3.8) is 0 Å². The minimum atomic E-state index is -0.674. The zero-order chi connectivity index (χ0) is 13.9. The summed E-state index contributed by atoms with van der Waals surface area (Å²) >= 11 is 0. The molecule has 1 N–H and O–H groups in total. The molecule has 2 aliphatic rings. The molecule has 2 fully saturated rings. The maximum Gasteiger partial charge on any atom is 0.163 e. The normalized spacial score (nSPS) is 32.2. The first kappa shape index (κ1) is 14.6. The lowest BCUT2D eigenvalue weighted by atomic mass is 9.94. The van der Waals surface area contributed by atoms with Gasteiger partial charge in [-0.15, -0.1) is 0 Å². The van der Waals surface area contributed by atoms with E-state index in [1.54, 1.807) is 0 Å². The highest BCUT2D eigenvalue weighted by molar-refractivity contribution is 4.91. The molecule has 0 bridgehead atoms. The zero-order valence-corrected chi connectivity index (χ0v) is 11.7. The van der Waals surface area contributed by atoms with Gasteiger partial charge >= 0.3 is 0 Å². The fourth-order valence-corrected chi connectivity index (χ4v) is 3.22. The Hall–Kier alpha value is -0.810. The lowest BCUT2D eigenvalue weighted by Gasteiger charge is -2.23. The molecule has 0 radical (unpaired) electrons. The summed E-state index contributed by atoms with van der Waals surface area (Å²) in [6.07, 6.45) is 5.51. The second-order valence-electron chi connectivity index (χ2n) is 5.98. The van der Waals surface area contributed by atoms with E-state index in [0.717, 1.165) is 6.42 Å². The van der Waals surface area contributed by atoms with Crippen LogP contribution in [0.2, 0.25) is 0 Å². The topological polar surface area (TPSA) is 87.5 Å². The largest absolute Gasteiger partial charge is 0.396 e. The molecule has 6 nitrogen and oxygen atoms in total. The van der Waals surface area contributed by atoms with Gasteiger partial charge in [0.2, 0.25) is 0 Å². The summed E-state index contributed by atoms with van der Waals surface area (Å²) in [7, 11) is 0. The van der Waals surface area contributed by atoms with Crippen LogP contribution in [0.3, 0.4) is 0 Å². The van der Waals surface area contributed by atoms with Crippen LogP contribution >= 0.6 is 0 Å². The van der Waals surface area contributed by atoms with E-state index in [2.05, 4.69) is 10.0 Å². The van der Waals surface area contributed by atoms with Crippen LogP contribution in [0.5, 0.6) is 0 Å². The summed E-state index contributed by atoms with van der Waals surface area (Å²) in [5, 5.41) is 13.0. The Balaban J connectivity index is 2.06. The van der Waals surface area contributed by atoms with Gasteiger partial charge in [-0.05, 0) is 31.7 Å². The van der Waals surface area contributed by atoms with E-state index >= 15 is 0 Å². The molecule has 1 heterocycles. The Morgan fingerprint density at radius 2 is 2.05 bits per heavy atom. The summed E-state index contributed by atoms with van der Waals surface area (Å²) in [5.41, 5.74) is 8.58. The summed E-state index contributed by atoms with van der Waals surface area (Å²) in [4.78, 5) is 2.79. The summed E-state index contributed by atoms with van der Waals surface area (Å²) in [6.45, 7) is 3.51. The monoisotopic (exact) mass is 269 g/mol. The minimum Gasteiger partial charge on any atom is -0.396 e. The number of ether oxygens (including phenoxy) is 2. The van der Waals surface area contributed by atoms with Crippen molar-refractivity contribution in [3.05, 3.63) is 10.4 Å². The third kappa shape index (κ3) is 3.60. The summed E-state index contributed by atoms with van der Waals surface area (Å²) in [5.74, 6) is -0.0119. The van der Waals surface area contributed by atoms with Crippen LogP contribution in [0, 0.1) is 5.92 Å². The Labute approximate surface area is 113 Å². The molecule has 0 aromatic rings. The molecule has 3 atom stereocenters. The van der Waals surface area contributed by atoms with E-state index in [9.17, 15) is 5.11 Å². The van der Waals surface area contributed by atoms with Crippen molar-refractivity contribution in [1.29, 1.82) is 0 Å². The Morgan fingerprint density at radius 1 is 1.37 bits per heavy atom. The first-order chi connectivity index (χ1) is 9.05. The summed E-state index contributed by atoms with van der Waals surface area (Å²) in [6, 6.07) is -0.571. The molecule has 19 heavy (non-hydrogen) atoms. The van der Waals surface area contributed by atoms with E-state index < -0.39 is 11.8 Å². The van der Waals surface area contributed by atoms with Crippen molar-refractivity contribution in [2.45, 2.75) is 70.0 Å². The maximum absolute atomic E-state index is 9.37. The van der Waals surface area contributed by atoms with Crippen LogP contribution in [0.1, 0.15) is 46.0 Å². The van der Waals surface area contributed by atoms with Crippen LogP contribution in [0.15, 0.2) is 5.11 Å². The van der Waals surface area contributed by atoms with Crippen LogP contribution in [0.25, 0.3) is 10.4 Å². The fraction of sp³-hybridized carbons (Fsp3) is 1.00. The van der Waals surface area contributed by atoms with Crippen LogP contribution in [-0.4, -0.2) is 35.8 Å². The first-order valence-corrected chi connectivity index (χ1v) is 7.06. The molecule has 1 aliphatic heterocycles.